The van der Waals surface area contributed by atoms with Crippen LogP contribution in [0, 0.1) is 16.0 Å². The van der Waals surface area contributed by atoms with E-state index in [4.69, 9.17) is 0 Å². The molecule has 134 valence electrons. The molecule has 0 saturated heterocycles. The molecular formula is C16H16N6O3S. The fourth-order valence-corrected chi connectivity index (χ4v) is 3.16. The average molecular weight is 372 g/mol. The number of nitrogens with zero attached hydrogens (tertiary/aromatic N) is 5. The first kappa shape index (κ1) is 17.7. The number of non-ortho nitro benzene ring substituents is 1. The maximum atomic E-state index is 12.3. The van der Waals surface area contributed by atoms with Gasteiger partial charge in [-0.3, -0.25) is 20.2 Å². The molecule has 1 N–H and O–H groups in total. The topological polar surface area (TPSA) is 116 Å². The van der Waals surface area contributed by atoms with Crippen molar-refractivity contribution in [3.63, 3.8) is 0 Å². The summed E-state index contributed by atoms with van der Waals surface area (Å²) in [6.45, 7) is 4.18. The lowest BCUT2D eigenvalue weighted by Gasteiger charge is -2.01. The van der Waals surface area contributed by atoms with Crippen LogP contribution in [0.5, 0.6) is 0 Å². The molecule has 2 aromatic heterocycles. The smallest absolute Gasteiger partial charge is 0.277 e. The van der Waals surface area contributed by atoms with Crippen LogP contribution in [0.2, 0.25) is 0 Å². The first-order valence-corrected chi connectivity index (χ1v) is 8.68. The predicted molar refractivity (Wildman–Crippen MR) is 96.6 cm³/mol. The molecule has 0 aliphatic carbocycles. The molecule has 0 fully saturated rings. The van der Waals surface area contributed by atoms with E-state index in [1.165, 1.54) is 28.2 Å². The summed E-state index contributed by atoms with van der Waals surface area (Å²) in [7, 11) is 0. The predicted octanol–water partition coefficient (Wildman–Crippen LogP) is 3.08. The summed E-state index contributed by atoms with van der Waals surface area (Å²) in [6, 6.07) is 7.46. The van der Waals surface area contributed by atoms with E-state index in [1.54, 1.807) is 24.4 Å². The van der Waals surface area contributed by atoms with Crippen molar-refractivity contribution in [1.29, 1.82) is 0 Å². The number of nitrogens with one attached hydrogen (secondary N) is 1. The molecule has 3 aromatic rings. The molecule has 0 unspecified atom stereocenters. The van der Waals surface area contributed by atoms with Gasteiger partial charge in [-0.15, -0.1) is 10.2 Å². The number of nitro benzene ring substituents is 1. The van der Waals surface area contributed by atoms with E-state index in [0.29, 0.717) is 16.7 Å². The zero-order chi connectivity index (χ0) is 18.7. The zero-order valence-electron chi connectivity index (χ0n) is 14.1. The summed E-state index contributed by atoms with van der Waals surface area (Å²) < 4.78 is 1.48. The van der Waals surface area contributed by atoms with E-state index in [0.717, 1.165) is 11.4 Å². The van der Waals surface area contributed by atoms with Crippen molar-refractivity contribution in [1.82, 2.24) is 20.0 Å². The molecule has 2 heterocycles. The summed E-state index contributed by atoms with van der Waals surface area (Å²) in [5.41, 5.74) is 0.820. The molecule has 26 heavy (non-hydrogen) atoms. The monoisotopic (exact) mass is 372 g/mol. The number of anilines is 1. The van der Waals surface area contributed by atoms with Crippen molar-refractivity contribution >= 4 is 28.1 Å². The van der Waals surface area contributed by atoms with Crippen molar-refractivity contribution in [3.05, 3.63) is 57.3 Å². The fraction of sp³-hybridized carbons (Fsp3) is 0.250. The third-order valence-corrected chi connectivity index (χ3v) is 4.28. The summed E-state index contributed by atoms with van der Waals surface area (Å²) in [6.07, 6.45) is 2.42. The zero-order valence-corrected chi connectivity index (χ0v) is 14.9. The number of amides is 1. The van der Waals surface area contributed by atoms with Gasteiger partial charge in [0.15, 0.2) is 5.69 Å². The lowest BCUT2D eigenvalue weighted by Crippen LogP contribution is -2.13. The molecule has 1 aromatic carbocycles. The minimum absolute atomic E-state index is 0.00709. The molecule has 0 radical (unpaired) electrons. The number of hydrogen-bond donors (Lipinski definition) is 1. The van der Waals surface area contributed by atoms with E-state index in [1.807, 2.05) is 0 Å². The van der Waals surface area contributed by atoms with Gasteiger partial charge in [0, 0.05) is 24.8 Å². The Labute approximate surface area is 152 Å². The molecule has 3 rings (SSSR count). The van der Waals surface area contributed by atoms with Crippen LogP contribution in [0.1, 0.15) is 29.3 Å². The Morgan fingerprint density at radius 2 is 2.00 bits per heavy atom. The molecule has 10 heteroatoms. The van der Waals surface area contributed by atoms with Crippen LogP contribution in [-0.2, 0) is 6.42 Å². The number of nitro groups is 1. The average Bonchev–Trinajstić information content (AvgIpc) is 3.24. The summed E-state index contributed by atoms with van der Waals surface area (Å²) in [5.74, 6) is 0.0711. The van der Waals surface area contributed by atoms with Gasteiger partial charge in [0.2, 0.25) is 5.13 Å². The number of carbonyl (C=O) groups excluding carboxylic acids is 1. The summed E-state index contributed by atoms with van der Waals surface area (Å²) in [4.78, 5) is 22.5. The van der Waals surface area contributed by atoms with E-state index in [-0.39, 0.29) is 11.4 Å². The standard InChI is InChI=1S/C16H16N6O3S/c1-10(2)9-14-18-19-16(26-14)17-15(23)13-7-8-21(20-13)11-3-5-12(6-4-11)22(24)25/h3-8,10H,9H2,1-2H3,(H,17,19,23). The second-order valence-corrected chi connectivity index (χ2v) is 7.03. The van der Waals surface area contributed by atoms with Crippen LogP contribution >= 0.6 is 11.3 Å². The first-order valence-electron chi connectivity index (χ1n) is 7.86. The van der Waals surface area contributed by atoms with Crippen LogP contribution in [0.4, 0.5) is 10.8 Å². The minimum Gasteiger partial charge on any atom is -0.295 e. The molecular weight excluding hydrogens is 356 g/mol. The van der Waals surface area contributed by atoms with Gasteiger partial charge in [-0.25, -0.2) is 4.68 Å². The lowest BCUT2D eigenvalue weighted by atomic mass is 10.1. The van der Waals surface area contributed by atoms with Gasteiger partial charge in [-0.05, 0) is 24.1 Å². The van der Waals surface area contributed by atoms with E-state index in [2.05, 4.69) is 34.5 Å². The number of aromatic nitrogens is 4. The van der Waals surface area contributed by atoms with Gasteiger partial charge in [-0.2, -0.15) is 5.10 Å². The number of hydrogen-bond acceptors (Lipinski definition) is 7. The van der Waals surface area contributed by atoms with Crippen molar-refractivity contribution < 1.29 is 9.72 Å². The Bertz CT molecular complexity index is 932. The Morgan fingerprint density at radius 1 is 1.27 bits per heavy atom. The molecule has 0 aliphatic rings. The van der Waals surface area contributed by atoms with Crippen molar-refractivity contribution in [2.45, 2.75) is 20.3 Å². The lowest BCUT2D eigenvalue weighted by molar-refractivity contribution is -0.384. The third kappa shape index (κ3) is 4.09. The fourth-order valence-electron chi connectivity index (χ4n) is 2.21. The molecule has 0 atom stereocenters. The second kappa shape index (κ2) is 7.40. The number of rotatable bonds is 6. The molecule has 1 amide bonds. The van der Waals surface area contributed by atoms with Crippen LogP contribution < -0.4 is 5.32 Å². The normalized spacial score (nSPS) is 10.9. The Kier molecular flexibility index (Phi) is 5.03. The largest absolute Gasteiger partial charge is 0.295 e. The molecule has 0 bridgehead atoms. The molecule has 0 aliphatic heterocycles. The van der Waals surface area contributed by atoms with Crippen LogP contribution in [0.3, 0.4) is 0 Å². The second-order valence-electron chi connectivity index (χ2n) is 5.97. The highest BCUT2D eigenvalue weighted by Gasteiger charge is 2.14. The van der Waals surface area contributed by atoms with Crippen molar-refractivity contribution in [2.24, 2.45) is 5.92 Å². The Morgan fingerprint density at radius 3 is 2.65 bits per heavy atom. The van der Waals surface area contributed by atoms with Gasteiger partial charge in [0.25, 0.3) is 11.6 Å². The van der Waals surface area contributed by atoms with E-state index in [9.17, 15) is 14.9 Å². The van der Waals surface area contributed by atoms with E-state index < -0.39 is 10.8 Å². The number of benzene rings is 1. The highest BCUT2D eigenvalue weighted by Crippen LogP contribution is 2.19. The van der Waals surface area contributed by atoms with Gasteiger partial charge in [0.05, 0.1) is 10.6 Å². The third-order valence-electron chi connectivity index (χ3n) is 3.42. The highest BCUT2D eigenvalue weighted by atomic mass is 32.1. The van der Waals surface area contributed by atoms with Gasteiger partial charge < -0.3 is 0 Å². The maximum absolute atomic E-state index is 12.3. The molecule has 0 saturated carbocycles. The van der Waals surface area contributed by atoms with E-state index >= 15 is 0 Å². The van der Waals surface area contributed by atoms with Crippen LogP contribution in [0.15, 0.2) is 36.5 Å². The Hall–Kier alpha value is -3.14. The summed E-state index contributed by atoms with van der Waals surface area (Å²) >= 11 is 1.34. The van der Waals surface area contributed by atoms with Crippen molar-refractivity contribution in [3.8, 4) is 5.69 Å². The quantitative estimate of drug-likeness (QED) is 0.525. The summed E-state index contributed by atoms with van der Waals surface area (Å²) in [5, 5.41) is 26.9. The van der Waals surface area contributed by atoms with Gasteiger partial charge in [0.1, 0.15) is 5.01 Å². The molecule has 9 nitrogen and oxygen atoms in total. The van der Waals surface area contributed by atoms with Crippen LogP contribution in [0.25, 0.3) is 5.69 Å². The minimum atomic E-state index is -0.471. The van der Waals surface area contributed by atoms with Crippen LogP contribution in [-0.4, -0.2) is 30.8 Å². The van der Waals surface area contributed by atoms with Gasteiger partial charge >= 0.3 is 0 Å². The SMILES string of the molecule is CC(C)Cc1nnc(NC(=O)c2ccn(-c3ccc([N+](=O)[O-])cc3)n2)s1. The first-order chi connectivity index (χ1) is 12.4. The van der Waals surface area contributed by atoms with Gasteiger partial charge in [-0.1, -0.05) is 25.2 Å². The Balaban J connectivity index is 1.69. The molecule has 0 spiro atoms. The maximum Gasteiger partial charge on any atom is 0.277 e. The highest BCUT2D eigenvalue weighted by molar-refractivity contribution is 7.15. The number of carbonyl (C=O) groups is 1. The van der Waals surface area contributed by atoms with Crippen molar-refractivity contribution in [2.75, 3.05) is 5.32 Å².